The highest BCUT2D eigenvalue weighted by Gasteiger charge is 2.39. The van der Waals surface area contributed by atoms with Crippen LogP contribution in [-0.4, -0.2) is 52.8 Å². The number of aromatic nitrogens is 6. The highest BCUT2D eigenvalue weighted by Crippen LogP contribution is 2.44. The molecule has 13 heteroatoms. The van der Waals surface area contributed by atoms with Crippen molar-refractivity contribution in [2.24, 2.45) is 12.8 Å². The van der Waals surface area contributed by atoms with Gasteiger partial charge in [0.05, 0.1) is 17.4 Å². The number of hydrogen-bond donors (Lipinski definition) is 2. The summed E-state index contributed by atoms with van der Waals surface area (Å²) < 4.78 is 17.4. The molecular weight excluding hydrogens is 491 g/mol. The van der Waals surface area contributed by atoms with Gasteiger partial charge in [-0.2, -0.15) is 14.3 Å². The summed E-state index contributed by atoms with van der Waals surface area (Å²) in [6.45, 7) is 8.41. The van der Waals surface area contributed by atoms with E-state index in [0.717, 1.165) is 35.0 Å². The van der Waals surface area contributed by atoms with Crippen molar-refractivity contribution in [1.82, 2.24) is 45.7 Å². The van der Waals surface area contributed by atoms with E-state index in [2.05, 4.69) is 58.7 Å². The van der Waals surface area contributed by atoms with Gasteiger partial charge in [0.2, 0.25) is 0 Å². The summed E-state index contributed by atoms with van der Waals surface area (Å²) in [5, 5.41) is 20.4. The Bertz CT molecular complexity index is 1440. The van der Waals surface area contributed by atoms with Crippen LogP contribution in [0.1, 0.15) is 75.2 Å². The van der Waals surface area contributed by atoms with Gasteiger partial charge in [-0.25, -0.2) is 19.5 Å². The first-order chi connectivity index (χ1) is 17.8. The first kappa shape index (κ1) is 25.8. The number of aryl methyl sites for hydroxylation is 1. The lowest BCUT2D eigenvalue weighted by molar-refractivity contribution is 0.0999. The van der Waals surface area contributed by atoms with Gasteiger partial charge in [0.1, 0.15) is 11.4 Å². The molecule has 0 unspecified atom stereocenters. The number of nitrogens with two attached hydrogens (primary N) is 1. The minimum Gasteiger partial charge on any atom is -0.365 e. The monoisotopic (exact) mass is 522 g/mol. The number of tetrazole rings is 1. The minimum absolute atomic E-state index is 0.00273. The molecule has 0 bridgehead atoms. The van der Waals surface area contributed by atoms with Gasteiger partial charge in [0, 0.05) is 36.0 Å². The van der Waals surface area contributed by atoms with Crippen LogP contribution in [0.25, 0.3) is 5.69 Å². The van der Waals surface area contributed by atoms with Crippen molar-refractivity contribution in [2.45, 2.75) is 76.4 Å². The Morgan fingerprint density at radius 3 is 2.42 bits per heavy atom. The number of hydrogen-bond acceptors (Lipinski definition) is 7. The van der Waals surface area contributed by atoms with Crippen molar-refractivity contribution in [1.29, 1.82) is 0 Å². The summed E-state index contributed by atoms with van der Waals surface area (Å²) in [5.74, 6) is -1.07. The predicted molar refractivity (Wildman–Crippen MR) is 137 cm³/mol. The largest absolute Gasteiger partial charge is 0.368 e. The molecule has 200 valence electrons. The fourth-order valence-corrected chi connectivity index (χ4v) is 5.41. The Morgan fingerprint density at radius 1 is 1.16 bits per heavy atom. The lowest BCUT2D eigenvalue weighted by Gasteiger charge is -2.46. The molecule has 12 nitrogen and oxygen atoms in total. The van der Waals surface area contributed by atoms with E-state index in [1.54, 1.807) is 6.07 Å². The molecule has 1 aromatic carbocycles. The van der Waals surface area contributed by atoms with Gasteiger partial charge in [0.15, 0.2) is 5.82 Å². The number of amides is 1. The standard InChI is InChI=1S/C25H31FN10O2/c1-24(2)10-15(11-25(3,4)32-24)29-21-16(20(27)37)12-28-22(31-21)30-14-8-17(26)19(13-6-7-13)18(9-14)36-23(38)35(5)33-34-36/h8-9,12-13,15,32H,6-7,10-11H2,1-5H3,(H2,27,37). The van der Waals surface area contributed by atoms with E-state index in [1.165, 1.54) is 19.3 Å². The summed E-state index contributed by atoms with van der Waals surface area (Å²) in [4.78, 5) is 33.2. The Labute approximate surface area is 219 Å². The van der Waals surface area contributed by atoms with Crippen LogP contribution in [0.4, 0.5) is 21.8 Å². The number of halogens is 1. The Balaban J connectivity index is 1.48. The molecule has 2 radical (unpaired) electrons. The molecule has 1 saturated carbocycles. The predicted octanol–water partition coefficient (Wildman–Crippen LogP) is 1.98. The fourth-order valence-electron chi connectivity index (χ4n) is 5.41. The number of benzene rings is 1. The van der Waals surface area contributed by atoms with Crippen molar-refractivity contribution in [3.05, 3.63) is 45.8 Å². The average molecular weight is 523 g/mol. The summed E-state index contributed by atoms with van der Waals surface area (Å²) in [7, 11) is 1.47. The summed E-state index contributed by atoms with van der Waals surface area (Å²) in [5.41, 5.74) is 5.70. The molecule has 3 aromatic rings. The maximum Gasteiger partial charge on any atom is 0.368 e. The molecule has 1 amide bonds. The molecule has 3 N–H and O–H groups in total. The highest BCUT2D eigenvalue weighted by atomic mass is 19.1. The maximum absolute atomic E-state index is 15.3. The SMILES string of the molecule is Cn1nnn(-c2cc([N]c3ncc(C(N)=O)c([N]C4CC(C)(C)NC(C)(C)C4)n3)cc(F)c2C2CC2)c1=O. The molecule has 2 fully saturated rings. The molecular formula is C25H31FN10O2. The number of primary amides is 1. The van der Waals surface area contributed by atoms with E-state index in [4.69, 9.17) is 11.1 Å². The zero-order chi connectivity index (χ0) is 27.4. The second-order valence-electron chi connectivity index (χ2n) is 11.4. The van der Waals surface area contributed by atoms with Crippen LogP contribution in [0.2, 0.25) is 0 Å². The number of nitrogens with zero attached hydrogens (tertiary/aromatic N) is 8. The zero-order valence-corrected chi connectivity index (χ0v) is 22.1. The van der Waals surface area contributed by atoms with Gasteiger partial charge in [-0.1, -0.05) is 0 Å². The van der Waals surface area contributed by atoms with Crippen molar-refractivity contribution >= 4 is 23.4 Å². The Kier molecular flexibility index (Phi) is 6.21. The second kappa shape index (κ2) is 9.15. The van der Waals surface area contributed by atoms with Crippen molar-refractivity contribution in [2.75, 3.05) is 0 Å². The summed E-state index contributed by atoms with van der Waals surface area (Å²) >= 11 is 0. The van der Waals surface area contributed by atoms with Crippen molar-refractivity contribution in [3.63, 3.8) is 0 Å². The van der Waals surface area contributed by atoms with Crippen LogP contribution in [-0.2, 0) is 7.05 Å². The van der Waals surface area contributed by atoms with Crippen LogP contribution >= 0.6 is 0 Å². The minimum atomic E-state index is -0.702. The number of carbonyl (C=O) groups excluding carboxylic acids is 1. The van der Waals surface area contributed by atoms with Crippen molar-refractivity contribution in [3.8, 4) is 5.69 Å². The van der Waals surface area contributed by atoms with E-state index in [-0.39, 0.29) is 51.7 Å². The van der Waals surface area contributed by atoms with E-state index in [1.807, 2.05) is 0 Å². The number of rotatable bonds is 7. The van der Waals surface area contributed by atoms with Crippen LogP contribution < -0.4 is 27.4 Å². The van der Waals surface area contributed by atoms with Gasteiger partial charge >= 0.3 is 5.69 Å². The normalized spacial score (nSPS) is 18.8. The van der Waals surface area contributed by atoms with Crippen LogP contribution in [0.3, 0.4) is 0 Å². The summed E-state index contributed by atoms with van der Waals surface area (Å²) in [6, 6.07) is 2.72. The first-order valence-electron chi connectivity index (χ1n) is 12.5. The van der Waals surface area contributed by atoms with Crippen LogP contribution in [0, 0.1) is 5.82 Å². The maximum atomic E-state index is 15.3. The Hall–Kier alpha value is -3.87. The molecule has 38 heavy (non-hydrogen) atoms. The third-order valence-corrected chi connectivity index (χ3v) is 6.75. The molecule has 1 saturated heterocycles. The number of carbonyl (C=O) groups is 1. The van der Waals surface area contributed by atoms with Crippen LogP contribution in [0.15, 0.2) is 23.1 Å². The molecule has 1 aliphatic heterocycles. The average Bonchev–Trinajstić information content (AvgIpc) is 3.56. The first-order valence-corrected chi connectivity index (χ1v) is 12.5. The van der Waals surface area contributed by atoms with Gasteiger partial charge in [0.25, 0.3) is 11.9 Å². The smallest absolute Gasteiger partial charge is 0.365 e. The van der Waals surface area contributed by atoms with Gasteiger partial charge < -0.3 is 11.1 Å². The van der Waals surface area contributed by atoms with Crippen molar-refractivity contribution < 1.29 is 9.18 Å². The third-order valence-electron chi connectivity index (χ3n) is 6.75. The topological polar surface area (TPSA) is 162 Å². The lowest BCUT2D eigenvalue weighted by atomic mass is 9.79. The summed E-state index contributed by atoms with van der Waals surface area (Å²) in [6.07, 6.45) is 4.39. The number of nitrogens with one attached hydrogen (secondary N) is 1. The lowest BCUT2D eigenvalue weighted by Crippen LogP contribution is -2.60. The van der Waals surface area contributed by atoms with E-state index < -0.39 is 17.4 Å². The van der Waals surface area contributed by atoms with E-state index in [0.29, 0.717) is 5.56 Å². The van der Waals surface area contributed by atoms with Gasteiger partial charge in [-0.3, -0.25) is 10.1 Å². The molecule has 0 spiro atoms. The van der Waals surface area contributed by atoms with E-state index >= 15 is 4.39 Å². The van der Waals surface area contributed by atoms with Gasteiger partial charge in [-0.05, 0) is 75.8 Å². The molecule has 5 rings (SSSR count). The molecule has 2 aromatic heterocycles. The molecule has 2 aliphatic rings. The number of piperidine rings is 1. The molecule has 0 atom stereocenters. The molecule has 3 heterocycles. The fraction of sp³-hybridized carbons (Fsp3) is 0.520. The second-order valence-corrected chi connectivity index (χ2v) is 11.4. The van der Waals surface area contributed by atoms with E-state index in [9.17, 15) is 9.59 Å². The quantitative estimate of drug-likeness (QED) is 0.479. The third kappa shape index (κ3) is 5.23. The Morgan fingerprint density at radius 2 is 1.84 bits per heavy atom. The van der Waals surface area contributed by atoms with Gasteiger partial charge in [-0.15, -0.1) is 0 Å². The highest BCUT2D eigenvalue weighted by molar-refractivity contribution is 5.96. The zero-order valence-electron chi connectivity index (χ0n) is 22.1. The molecule has 1 aliphatic carbocycles. The van der Waals surface area contributed by atoms with Crippen LogP contribution in [0.5, 0.6) is 0 Å².